The van der Waals surface area contributed by atoms with Gasteiger partial charge in [-0.15, -0.1) is 0 Å². The highest BCUT2D eigenvalue weighted by Crippen LogP contribution is 2.39. The smallest absolute Gasteiger partial charge is 0.315 e. The maximum atomic E-state index is 12.5. The average molecular weight is 388 g/mol. The van der Waals surface area contributed by atoms with E-state index in [2.05, 4.69) is 9.47 Å². The molecule has 2 nitrogen and oxygen atoms in total. The van der Waals surface area contributed by atoms with E-state index in [9.17, 15) is 35.1 Å². The van der Waals surface area contributed by atoms with Crippen molar-refractivity contribution in [3.8, 4) is 0 Å². The van der Waals surface area contributed by atoms with Gasteiger partial charge in [0, 0.05) is 4.43 Å². The molecular formula is C6H5F8IO2. The van der Waals surface area contributed by atoms with Gasteiger partial charge in [0.05, 0.1) is 6.61 Å². The van der Waals surface area contributed by atoms with Crippen LogP contribution in [0.4, 0.5) is 35.1 Å². The molecule has 0 aromatic rings. The number of ether oxygens (including phenoxy) is 2. The Bertz CT molecular complexity index is 243. The standard InChI is InChI=1S/C6H5F8IO2/c7-3(4(8,9)16-2-1-15)17-6(13,14)5(10,11)12/h3H,1-2H2. The van der Waals surface area contributed by atoms with E-state index in [-0.39, 0.29) is 4.43 Å². The molecule has 0 saturated carbocycles. The van der Waals surface area contributed by atoms with E-state index in [1.165, 1.54) is 0 Å². The van der Waals surface area contributed by atoms with Crippen molar-refractivity contribution in [1.82, 2.24) is 0 Å². The van der Waals surface area contributed by atoms with Gasteiger partial charge in [0.25, 0.3) is 6.36 Å². The Balaban J connectivity index is 4.57. The second kappa shape index (κ2) is 5.82. The van der Waals surface area contributed by atoms with Crippen molar-refractivity contribution in [2.24, 2.45) is 0 Å². The highest BCUT2D eigenvalue weighted by atomic mass is 127. The molecule has 1 unspecified atom stereocenters. The summed E-state index contributed by atoms with van der Waals surface area (Å²) in [5.74, 6) is 0. The van der Waals surface area contributed by atoms with Gasteiger partial charge < -0.3 is 4.74 Å². The minimum absolute atomic E-state index is 0.0459. The van der Waals surface area contributed by atoms with Crippen LogP contribution < -0.4 is 0 Å². The molecule has 0 amide bonds. The molecule has 0 aliphatic carbocycles. The number of halogens is 9. The van der Waals surface area contributed by atoms with Crippen molar-refractivity contribution in [1.29, 1.82) is 0 Å². The predicted molar refractivity (Wildman–Crippen MR) is 46.8 cm³/mol. The number of alkyl halides is 9. The lowest BCUT2D eigenvalue weighted by atomic mass is 10.5. The van der Waals surface area contributed by atoms with Gasteiger partial charge >= 0.3 is 18.4 Å². The van der Waals surface area contributed by atoms with Crippen LogP contribution in [0.15, 0.2) is 0 Å². The fourth-order valence-electron chi connectivity index (χ4n) is 0.506. The first-order chi connectivity index (χ1) is 7.44. The molecule has 0 saturated heterocycles. The molecule has 0 bridgehead atoms. The van der Waals surface area contributed by atoms with Crippen LogP contribution in [0.25, 0.3) is 0 Å². The summed E-state index contributed by atoms with van der Waals surface area (Å²) in [5, 5.41) is 0. The van der Waals surface area contributed by atoms with E-state index in [1.54, 1.807) is 22.6 Å². The minimum atomic E-state index is -6.29. The van der Waals surface area contributed by atoms with Crippen LogP contribution in [0, 0.1) is 0 Å². The monoisotopic (exact) mass is 388 g/mol. The first kappa shape index (κ1) is 17.1. The SMILES string of the molecule is FC(OC(F)(F)C(F)(F)F)C(F)(F)OCCI. The van der Waals surface area contributed by atoms with Crippen molar-refractivity contribution in [2.45, 2.75) is 24.8 Å². The lowest BCUT2D eigenvalue weighted by molar-refractivity contribution is -0.449. The Labute approximate surface area is 103 Å². The normalized spacial score (nSPS) is 16.1. The average Bonchev–Trinajstić information content (AvgIpc) is 2.12. The van der Waals surface area contributed by atoms with Crippen LogP contribution in [0.5, 0.6) is 0 Å². The molecule has 0 aliphatic rings. The zero-order chi connectivity index (χ0) is 13.9. The molecule has 0 spiro atoms. The first-order valence-corrected chi connectivity index (χ1v) is 5.31. The molecule has 104 valence electrons. The van der Waals surface area contributed by atoms with Crippen LogP contribution >= 0.6 is 22.6 Å². The molecule has 0 aromatic heterocycles. The molecular weight excluding hydrogens is 383 g/mol. The van der Waals surface area contributed by atoms with E-state index < -0.39 is 31.4 Å². The molecule has 0 aliphatic heterocycles. The molecule has 0 radical (unpaired) electrons. The van der Waals surface area contributed by atoms with Crippen LogP contribution in [-0.4, -0.2) is 35.8 Å². The van der Waals surface area contributed by atoms with E-state index in [0.717, 1.165) is 0 Å². The summed E-state index contributed by atoms with van der Waals surface area (Å²) in [7, 11) is 0. The molecule has 0 aromatic carbocycles. The van der Waals surface area contributed by atoms with Gasteiger partial charge in [0.1, 0.15) is 0 Å². The van der Waals surface area contributed by atoms with Crippen LogP contribution in [-0.2, 0) is 9.47 Å². The molecule has 0 N–H and O–H groups in total. The number of rotatable bonds is 6. The van der Waals surface area contributed by atoms with Gasteiger partial charge in [-0.25, -0.2) is 4.39 Å². The number of hydrogen-bond acceptors (Lipinski definition) is 2. The van der Waals surface area contributed by atoms with Gasteiger partial charge in [-0.3, -0.25) is 4.74 Å². The summed E-state index contributed by atoms with van der Waals surface area (Å²) in [6, 6.07) is 0. The third kappa shape index (κ3) is 5.07. The maximum Gasteiger partial charge on any atom is 0.483 e. The lowest BCUT2D eigenvalue weighted by Gasteiger charge is -2.25. The Hall–Kier alpha value is 0.0900. The van der Waals surface area contributed by atoms with Crippen molar-refractivity contribution in [3.05, 3.63) is 0 Å². The second-order valence-corrected chi connectivity index (χ2v) is 3.63. The van der Waals surface area contributed by atoms with E-state index >= 15 is 0 Å². The fourth-order valence-corrected chi connectivity index (χ4v) is 0.726. The third-order valence-electron chi connectivity index (χ3n) is 1.22. The van der Waals surface area contributed by atoms with Gasteiger partial charge in [-0.05, 0) is 0 Å². The van der Waals surface area contributed by atoms with Gasteiger partial charge in [0.2, 0.25) is 0 Å². The summed E-state index contributed by atoms with van der Waals surface area (Å²) in [4.78, 5) is 0. The highest BCUT2D eigenvalue weighted by Gasteiger charge is 2.63. The maximum absolute atomic E-state index is 12.5. The molecule has 0 fully saturated rings. The van der Waals surface area contributed by atoms with Crippen molar-refractivity contribution in [3.63, 3.8) is 0 Å². The summed E-state index contributed by atoms with van der Waals surface area (Å²) in [5.41, 5.74) is 0. The Kier molecular flexibility index (Phi) is 5.85. The Morgan fingerprint density at radius 2 is 1.47 bits per heavy atom. The summed E-state index contributed by atoms with van der Waals surface area (Å²) in [6.07, 6.45) is -21.4. The van der Waals surface area contributed by atoms with E-state index in [1.807, 2.05) is 0 Å². The summed E-state index contributed by atoms with van der Waals surface area (Å²) in [6.45, 7) is -0.741. The van der Waals surface area contributed by atoms with Crippen LogP contribution in [0.2, 0.25) is 0 Å². The van der Waals surface area contributed by atoms with Gasteiger partial charge in [-0.2, -0.15) is 30.7 Å². The van der Waals surface area contributed by atoms with E-state index in [0.29, 0.717) is 0 Å². The molecule has 1 atom stereocenters. The second-order valence-electron chi connectivity index (χ2n) is 2.55. The predicted octanol–water partition coefficient (Wildman–Crippen LogP) is 3.50. The van der Waals surface area contributed by atoms with Crippen LogP contribution in [0.1, 0.15) is 0 Å². The Morgan fingerprint density at radius 3 is 1.82 bits per heavy atom. The van der Waals surface area contributed by atoms with Gasteiger partial charge in [-0.1, -0.05) is 22.6 Å². The zero-order valence-corrected chi connectivity index (χ0v) is 9.87. The molecule has 17 heavy (non-hydrogen) atoms. The Morgan fingerprint density at radius 1 is 1.00 bits per heavy atom. The van der Waals surface area contributed by atoms with Crippen molar-refractivity contribution >= 4 is 22.6 Å². The lowest BCUT2D eigenvalue weighted by Crippen LogP contribution is -2.47. The summed E-state index contributed by atoms with van der Waals surface area (Å²) < 4.78 is 102. The van der Waals surface area contributed by atoms with Gasteiger partial charge in [0.15, 0.2) is 0 Å². The highest BCUT2D eigenvalue weighted by molar-refractivity contribution is 14.1. The molecule has 0 heterocycles. The first-order valence-electron chi connectivity index (χ1n) is 3.78. The van der Waals surface area contributed by atoms with Crippen molar-refractivity contribution in [2.75, 3.05) is 11.0 Å². The van der Waals surface area contributed by atoms with E-state index in [4.69, 9.17) is 0 Å². The van der Waals surface area contributed by atoms with Crippen LogP contribution in [0.3, 0.4) is 0 Å². The largest absolute Gasteiger partial charge is 0.483 e. The fraction of sp³-hybridized carbons (Fsp3) is 1.00. The molecule has 0 rings (SSSR count). The summed E-state index contributed by atoms with van der Waals surface area (Å²) >= 11 is 1.54. The van der Waals surface area contributed by atoms with Crippen molar-refractivity contribution < 1.29 is 44.6 Å². The number of hydrogen-bond donors (Lipinski definition) is 0. The zero-order valence-electron chi connectivity index (χ0n) is 7.71. The third-order valence-corrected chi connectivity index (χ3v) is 1.66. The topological polar surface area (TPSA) is 18.5 Å². The minimum Gasteiger partial charge on any atom is -0.315 e. The quantitative estimate of drug-likeness (QED) is 0.394. The molecule has 11 heteroatoms.